The van der Waals surface area contributed by atoms with Crippen molar-refractivity contribution in [3.8, 4) is 0 Å². The lowest BCUT2D eigenvalue weighted by atomic mass is 9.83. The molecule has 2 atom stereocenters. The SMILES string of the molecule is CC(C)(C(=O)N[C@@H](CC1CC1)C(=O)N[C@H](CCC(=O)O)C(=O)O)c1ccc(Cl)cc1. The second kappa shape index (κ2) is 9.93. The quantitative estimate of drug-likeness (QED) is 0.419. The van der Waals surface area contributed by atoms with Crippen LogP contribution >= 0.6 is 11.6 Å². The van der Waals surface area contributed by atoms with Gasteiger partial charge in [-0.25, -0.2) is 4.79 Å². The first-order chi connectivity index (χ1) is 14.0. The number of carboxylic acid groups (broad SMARTS) is 2. The number of rotatable bonds is 11. The third kappa shape index (κ3) is 6.73. The summed E-state index contributed by atoms with van der Waals surface area (Å²) in [6.07, 6.45) is 1.67. The maximum Gasteiger partial charge on any atom is 0.326 e. The number of benzene rings is 1. The minimum Gasteiger partial charge on any atom is -0.481 e. The van der Waals surface area contributed by atoms with E-state index in [1.165, 1.54) is 0 Å². The Morgan fingerprint density at radius 1 is 1.07 bits per heavy atom. The second-order valence-electron chi connectivity index (χ2n) is 8.17. The van der Waals surface area contributed by atoms with E-state index in [1.54, 1.807) is 38.1 Å². The molecule has 1 saturated carbocycles. The van der Waals surface area contributed by atoms with Crippen LogP contribution in [0, 0.1) is 5.92 Å². The standard InChI is InChI=1S/C21H27ClN2O6/c1-21(2,13-5-7-14(22)8-6-13)20(30)24-16(11-12-3-4-12)18(27)23-15(19(28)29)9-10-17(25)26/h5-8,12,15-16H,3-4,9-11H2,1-2H3,(H,23,27)(H,24,30)(H,25,26)(H,28,29)/t15-,16+/m1/s1. The fraction of sp³-hybridized carbons (Fsp3) is 0.524. The second-order valence-corrected chi connectivity index (χ2v) is 8.61. The lowest BCUT2D eigenvalue weighted by molar-refractivity contribution is -0.143. The first kappa shape index (κ1) is 23.7. The summed E-state index contributed by atoms with van der Waals surface area (Å²) in [6.45, 7) is 3.45. The normalized spacial score (nSPS) is 15.7. The van der Waals surface area contributed by atoms with Crippen molar-refractivity contribution in [1.82, 2.24) is 10.6 Å². The molecule has 1 aromatic carbocycles. The van der Waals surface area contributed by atoms with Crippen molar-refractivity contribution >= 4 is 35.4 Å². The summed E-state index contributed by atoms with van der Waals surface area (Å²) in [6, 6.07) is 4.61. The molecular formula is C21H27ClN2O6. The molecule has 1 fully saturated rings. The van der Waals surface area contributed by atoms with Gasteiger partial charge < -0.3 is 20.8 Å². The zero-order valence-corrected chi connectivity index (χ0v) is 17.7. The van der Waals surface area contributed by atoms with E-state index in [2.05, 4.69) is 10.6 Å². The molecule has 4 N–H and O–H groups in total. The molecule has 0 bridgehead atoms. The maximum atomic E-state index is 13.0. The molecule has 0 unspecified atom stereocenters. The van der Waals surface area contributed by atoms with Crippen LogP contribution in [0.15, 0.2) is 24.3 Å². The number of amides is 2. The largest absolute Gasteiger partial charge is 0.481 e. The zero-order chi connectivity index (χ0) is 22.5. The van der Waals surface area contributed by atoms with E-state index in [4.69, 9.17) is 16.7 Å². The Hall–Kier alpha value is -2.61. The molecular weight excluding hydrogens is 412 g/mol. The van der Waals surface area contributed by atoms with Crippen molar-refractivity contribution in [2.75, 3.05) is 0 Å². The zero-order valence-electron chi connectivity index (χ0n) is 17.0. The lowest BCUT2D eigenvalue weighted by Crippen LogP contribution is -2.54. The van der Waals surface area contributed by atoms with Gasteiger partial charge in [0.2, 0.25) is 11.8 Å². The van der Waals surface area contributed by atoms with E-state index >= 15 is 0 Å². The fourth-order valence-corrected chi connectivity index (χ4v) is 3.18. The highest BCUT2D eigenvalue weighted by Gasteiger charge is 2.36. The number of halogens is 1. The number of aliphatic carboxylic acids is 2. The molecule has 1 aliphatic rings. The molecule has 1 aliphatic carbocycles. The highest BCUT2D eigenvalue weighted by atomic mass is 35.5. The number of carboxylic acids is 2. The molecule has 0 heterocycles. The van der Waals surface area contributed by atoms with E-state index in [1.807, 2.05) is 0 Å². The van der Waals surface area contributed by atoms with Crippen LogP contribution in [0.1, 0.15) is 51.5 Å². The highest BCUT2D eigenvalue weighted by Crippen LogP contribution is 2.34. The lowest BCUT2D eigenvalue weighted by Gasteiger charge is -2.28. The summed E-state index contributed by atoms with van der Waals surface area (Å²) in [5.74, 6) is -3.17. The molecule has 0 spiro atoms. The van der Waals surface area contributed by atoms with E-state index in [-0.39, 0.29) is 18.7 Å². The molecule has 164 valence electrons. The monoisotopic (exact) mass is 438 g/mol. The molecule has 0 aromatic heterocycles. The summed E-state index contributed by atoms with van der Waals surface area (Å²) in [4.78, 5) is 47.9. The van der Waals surface area contributed by atoms with Crippen molar-refractivity contribution in [2.24, 2.45) is 5.92 Å². The third-order valence-corrected chi connectivity index (χ3v) is 5.53. The predicted octanol–water partition coefficient (Wildman–Crippen LogP) is 2.34. The van der Waals surface area contributed by atoms with E-state index < -0.39 is 35.3 Å². The van der Waals surface area contributed by atoms with Crippen LogP contribution in [0.2, 0.25) is 5.02 Å². The van der Waals surface area contributed by atoms with Crippen molar-refractivity contribution in [3.63, 3.8) is 0 Å². The van der Waals surface area contributed by atoms with Gasteiger partial charge in [-0.2, -0.15) is 0 Å². The van der Waals surface area contributed by atoms with E-state index in [0.717, 1.165) is 18.4 Å². The summed E-state index contributed by atoms with van der Waals surface area (Å²) < 4.78 is 0. The van der Waals surface area contributed by atoms with Crippen LogP contribution < -0.4 is 10.6 Å². The molecule has 0 saturated heterocycles. The fourth-order valence-electron chi connectivity index (χ4n) is 3.05. The Kier molecular flexibility index (Phi) is 7.83. The molecule has 1 aromatic rings. The van der Waals surface area contributed by atoms with E-state index in [9.17, 15) is 24.3 Å². The third-order valence-electron chi connectivity index (χ3n) is 5.28. The van der Waals surface area contributed by atoms with Gasteiger partial charge in [0.25, 0.3) is 0 Å². The average Bonchev–Trinajstić information content (AvgIpc) is 3.48. The molecule has 0 aliphatic heterocycles. The van der Waals surface area contributed by atoms with Crippen LogP contribution in [0.5, 0.6) is 0 Å². The van der Waals surface area contributed by atoms with Gasteiger partial charge >= 0.3 is 11.9 Å². The average molecular weight is 439 g/mol. The van der Waals surface area contributed by atoms with Crippen LogP contribution in [-0.4, -0.2) is 46.0 Å². The van der Waals surface area contributed by atoms with Crippen molar-refractivity contribution in [3.05, 3.63) is 34.9 Å². The van der Waals surface area contributed by atoms with Crippen LogP contribution in [0.25, 0.3) is 0 Å². The number of hydrogen-bond donors (Lipinski definition) is 4. The van der Waals surface area contributed by atoms with Crippen LogP contribution in [-0.2, 0) is 24.6 Å². The van der Waals surface area contributed by atoms with Gasteiger partial charge in [0, 0.05) is 11.4 Å². The number of carbonyl (C=O) groups is 4. The van der Waals surface area contributed by atoms with Gasteiger partial charge in [-0.05, 0) is 50.3 Å². The maximum absolute atomic E-state index is 13.0. The van der Waals surface area contributed by atoms with Gasteiger partial charge in [0.15, 0.2) is 0 Å². The van der Waals surface area contributed by atoms with Gasteiger partial charge in [0.1, 0.15) is 12.1 Å². The Morgan fingerprint density at radius 3 is 2.17 bits per heavy atom. The van der Waals surface area contributed by atoms with Gasteiger partial charge in [-0.15, -0.1) is 0 Å². The summed E-state index contributed by atoms with van der Waals surface area (Å²) in [7, 11) is 0. The molecule has 30 heavy (non-hydrogen) atoms. The minimum atomic E-state index is -1.34. The molecule has 8 nitrogen and oxygen atoms in total. The van der Waals surface area contributed by atoms with Gasteiger partial charge in [-0.3, -0.25) is 14.4 Å². The van der Waals surface area contributed by atoms with Crippen LogP contribution in [0.3, 0.4) is 0 Å². The van der Waals surface area contributed by atoms with Gasteiger partial charge in [0.05, 0.1) is 5.41 Å². The smallest absolute Gasteiger partial charge is 0.326 e. The number of hydrogen-bond acceptors (Lipinski definition) is 4. The van der Waals surface area contributed by atoms with Crippen LogP contribution in [0.4, 0.5) is 0 Å². The number of nitrogens with one attached hydrogen (secondary N) is 2. The topological polar surface area (TPSA) is 133 Å². The Morgan fingerprint density at radius 2 is 1.67 bits per heavy atom. The van der Waals surface area contributed by atoms with Crippen molar-refractivity contribution in [1.29, 1.82) is 0 Å². The molecule has 2 amide bonds. The molecule has 9 heteroatoms. The summed E-state index contributed by atoms with van der Waals surface area (Å²) in [5, 5.41) is 23.7. The first-order valence-electron chi connectivity index (χ1n) is 9.82. The summed E-state index contributed by atoms with van der Waals surface area (Å²) in [5.41, 5.74) is -0.220. The molecule has 2 rings (SSSR count). The Labute approximate surface area is 180 Å². The summed E-state index contributed by atoms with van der Waals surface area (Å²) >= 11 is 5.91. The Balaban J connectivity index is 2.10. The number of carbonyl (C=O) groups excluding carboxylic acids is 2. The molecule has 0 radical (unpaired) electrons. The van der Waals surface area contributed by atoms with Gasteiger partial charge in [-0.1, -0.05) is 36.6 Å². The Bertz CT molecular complexity index is 804. The van der Waals surface area contributed by atoms with E-state index in [0.29, 0.717) is 17.4 Å². The van der Waals surface area contributed by atoms with Crippen molar-refractivity contribution < 1.29 is 29.4 Å². The first-order valence-corrected chi connectivity index (χ1v) is 10.2. The minimum absolute atomic E-state index is 0.239. The van der Waals surface area contributed by atoms with Crippen molar-refractivity contribution in [2.45, 2.75) is 63.5 Å². The highest BCUT2D eigenvalue weighted by molar-refractivity contribution is 6.30. The predicted molar refractivity (Wildman–Crippen MR) is 110 cm³/mol.